The van der Waals surface area contributed by atoms with Gasteiger partial charge in [-0.25, -0.2) is 0 Å². The molecule has 0 radical (unpaired) electrons. The van der Waals surface area contributed by atoms with Crippen molar-refractivity contribution in [1.82, 2.24) is 19.7 Å². The molecule has 30 heavy (non-hydrogen) atoms. The summed E-state index contributed by atoms with van der Waals surface area (Å²) in [5, 5.41) is 10.1. The van der Waals surface area contributed by atoms with E-state index in [9.17, 15) is 4.79 Å². The second kappa shape index (κ2) is 9.64. The number of methoxy groups -OCH3 is 1. The summed E-state index contributed by atoms with van der Waals surface area (Å²) in [6, 6.07) is 15.8. The third-order valence-corrected chi connectivity index (χ3v) is 6.35. The van der Waals surface area contributed by atoms with Gasteiger partial charge in [0.15, 0.2) is 11.0 Å². The first-order valence-corrected chi connectivity index (χ1v) is 11.2. The number of nitrogens with zero attached hydrogens (tertiary/aromatic N) is 4. The van der Waals surface area contributed by atoms with Crippen LogP contribution in [0.4, 0.5) is 0 Å². The van der Waals surface area contributed by atoms with E-state index in [2.05, 4.69) is 28.4 Å². The maximum Gasteiger partial charge on any atom is 0.233 e. The molecule has 0 aliphatic carbocycles. The highest BCUT2D eigenvalue weighted by Gasteiger charge is 2.22. The Bertz CT molecular complexity index is 1020. The molecule has 1 aliphatic heterocycles. The van der Waals surface area contributed by atoms with E-state index in [0.29, 0.717) is 35.6 Å². The summed E-state index contributed by atoms with van der Waals surface area (Å²) in [6.07, 6.45) is 0.900. The number of carbonyl (C=O) groups excluding carboxylic acids is 1. The van der Waals surface area contributed by atoms with Crippen LogP contribution in [-0.2, 0) is 29.0 Å². The lowest BCUT2D eigenvalue weighted by atomic mass is 10.00. The van der Waals surface area contributed by atoms with Crippen molar-refractivity contribution < 1.29 is 9.53 Å². The quantitative estimate of drug-likeness (QED) is 0.519. The number of aromatic nitrogens is 3. The first-order valence-electron chi connectivity index (χ1n) is 9.81. The van der Waals surface area contributed by atoms with Gasteiger partial charge in [0.1, 0.15) is 0 Å². The van der Waals surface area contributed by atoms with E-state index in [4.69, 9.17) is 16.3 Å². The highest BCUT2D eigenvalue weighted by atomic mass is 35.5. The summed E-state index contributed by atoms with van der Waals surface area (Å²) in [5.41, 5.74) is 3.49. The molecule has 4 rings (SSSR count). The van der Waals surface area contributed by atoms with Crippen LogP contribution in [0.15, 0.2) is 53.7 Å². The Hall–Kier alpha value is -2.35. The molecule has 3 aromatic rings. The van der Waals surface area contributed by atoms with Gasteiger partial charge in [-0.1, -0.05) is 47.6 Å². The van der Waals surface area contributed by atoms with E-state index in [1.165, 1.54) is 22.9 Å². The van der Waals surface area contributed by atoms with Gasteiger partial charge in [0, 0.05) is 30.8 Å². The molecule has 0 spiro atoms. The van der Waals surface area contributed by atoms with E-state index in [0.717, 1.165) is 24.4 Å². The van der Waals surface area contributed by atoms with Crippen LogP contribution in [0.25, 0.3) is 11.4 Å². The largest absolute Gasteiger partial charge is 0.383 e. The molecule has 0 saturated heterocycles. The average molecular weight is 443 g/mol. The molecule has 0 atom stereocenters. The maximum atomic E-state index is 12.8. The van der Waals surface area contributed by atoms with Crippen molar-refractivity contribution in [3.8, 4) is 11.4 Å². The molecule has 0 N–H and O–H groups in total. The molecule has 156 valence electrons. The van der Waals surface area contributed by atoms with Crippen LogP contribution in [0.2, 0.25) is 5.02 Å². The molecular formula is C22H23ClN4O2S. The molecule has 0 bridgehead atoms. The highest BCUT2D eigenvalue weighted by molar-refractivity contribution is 7.99. The van der Waals surface area contributed by atoms with Gasteiger partial charge in [0.05, 0.1) is 18.9 Å². The lowest BCUT2D eigenvalue weighted by Gasteiger charge is -2.28. The molecule has 1 aromatic heterocycles. The van der Waals surface area contributed by atoms with Crippen LogP contribution in [0.3, 0.4) is 0 Å². The average Bonchev–Trinajstić information content (AvgIpc) is 3.18. The fourth-order valence-electron chi connectivity index (χ4n) is 3.52. The topological polar surface area (TPSA) is 60.2 Å². The summed E-state index contributed by atoms with van der Waals surface area (Å²) >= 11 is 7.42. The number of benzene rings is 2. The van der Waals surface area contributed by atoms with Gasteiger partial charge in [-0.15, -0.1) is 10.2 Å². The third kappa shape index (κ3) is 4.69. The Morgan fingerprint density at radius 2 is 1.90 bits per heavy atom. The molecule has 1 aliphatic rings. The lowest BCUT2D eigenvalue weighted by molar-refractivity contribution is -0.129. The van der Waals surface area contributed by atoms with Crippen LogP contribution in [-0.4, -0.2) is 51.6 Å². The number of rotatable bonds is 7. The number of halogens is 1. The number of hydrogen-bond donors (Lipinski definition) is 0. The summed E-state index contributed by atoms with van der Waals surface area (Å²) in [5.74, 6) is 1.18. The predicted molar refractivity (Wildman–Crippen MR) is 119 cm³/mol. The Morgan fingerprint density at radius 3 is 2.67 bits per heavy atom. The minimum atomic E-state index is 0.115. The molecule has 6 nitrogen and oxygen atoms in total. The minimum Gasteiger partial charge on any atom is -0.383 e. The Balaban J connectivity index is 1.46. The molecule has 8 heteroatoms. The van der Waals surface area contributed by atoms with Crippen LogP contribution < -0.4 is 0 Å². The Morgan fingerprint density at radius 1 is 1.13 bits per heavy atom. The monoisotopic (exact) mass is 442 g/mol. The van der Waals surface area contributed by atoms with Gasteiger partial charge in [0.2, 0.25) is 5.91 Å². The number of ether oxygens (including phenoxy) is 1. The van der Waals surface area contributed by atoms with E-state index in [1.807, 2.05) is 39.8 Å². The number of carbonyl (C=O) groups is 1. The van der Waals surface area contributed by atoms with Crippen LogP contribution in [0.5, 0.6) is 0 Å². The van der Waals surface area contributed by atoms with Crippen LogP contribution in [0.1, 0.15) is 11.1 Å². The molecule has 0 unspecified atom stereocenters. The van der Waals surface area contributed by atoms with Crippen molar-refractivity contribution >= 4 is 29.3 Å². The lowest BCUT2D eigenvalue weighted by Crippen LogP contribution is -2.37. The van der Waals surface area contributed by atoms with E-state index < -0.39 is 0 Å². The summed E-state index contributed by atoms with van der Waals surface area (Å²) in [4.78, 5) is 14.8. The van der Waals surface area contributed by atoms with E-state index in [-0.39, 0.29) is 5.91 Å². The number of hydrogen-bond acceptors (Lipinski definition) is 5. The second-order valence-electron chi connectivity index (χ2n) is 7.08. The summed E-state index contributed by atoms with van der Waals surface area (Å²) in [7, 11) is 1.66. The van der Waals surface area contributed by atoms with Gasteiger partial charge in [-0.05, 0) is 41.8 Å². The zero-order valence-electron chi connectivity index (χ0n) is 16.8. The van der Waals surface area contributed by atoms with E-state index in [1.54, 1.807) is 7.11 Å². The van der Waals surface area contributed by atoms with Gasteiger partial charge in [-0.3, -0.25) is 9.36 Å². The fourth-order valence-corrected chi connectivity index (χ4v) is 4.51. The molecular weight excluding hydrogens is 420 g/mol. The Labute approximate surface area is 185 Å². The van der Waals surface area contributed by atoms with Crippen molar-refractivity contribution in [3.63, 3.8) is 0 Å². The zero-order chi connectivity index (χ0) is 20.9. The summed E-state index contributed by atoms with van der Waals surface area (Å²) < 4.78 is 7.25. The third-order valence-electron chi connectivity index (χ3n) is 5.15. The number of fused-ring (bicyclic) bond motifs is 1. The zero-order valence-corrected chi connectivity index (χ0v) is 18.3. The number of thioether (sulfide) groups is 1. The molecule has 0 fully saturated rings. The summed E-state index contributed by atoms with van der Waals surface area (Å²) in [6.45, 7) is 2.56. The SMILES string of the molecule is COCCn1c(SCC(=O)N2CCc3ccccc3C2)nnc1-c1ccc(Cl)cc1. The standard InChI is InChI=1S/C22H23ClN4O2S/c1-29-13-12-27-21(17-6-8-19(23)9-7-17)24-25-22(27)30-15-20(28)26-11-10-16-4-2-3-5-18(16)14-26/h2-9H,10-15H2,1H3. The van der Waals surface area contributed by atoms with Gasteiger partial charge in [0.25, 0.3) is 0 Å². The molecule has 2 heterocycles. The predicted octanol–water partition coefficient (Wildman–Crippen LogP) is 3.92. The van der Waals surface area contributed by atoms with E-state index >= 15 is 0 Å². The van der Waals surface area contributed by atoms with Crippen molar-refractivity contribution in [1.29, 1.82) is 0 Å². The van der Waals surface area contributed by atoms with Crippen LogP contribution in [0, 0.1) is 0 Å². The molecule has 0 saturated carbocycles. The second-order valence-corrected chi connectivity index (χ2v) is 8.46. The van der Waals surface area contributed by atoms with Crippen molar-refractivity contribution in [3.05, 3.63) is 64.7 Å². The first-order chi connectivity index (χ1) is 14.7. The van der Waals surface area contributed by atoms with Crippen molar-refractivity contribution in [2.75, 3.05) is 26.0 Å². The van der Waals surface area contributed by atoms with Gasteiger partial charge < -0.3 is 9.64 Å². The maximum absolute atomic E-state index is 12.8. The number of amides is 1. The smallest absolute Gasteiger partial charge is 0.233 e. The Kier molecular flexibility index (Phi) is 6.72. The van der Waals surface area contributed by atoms with Crippen molar-refractivity contribution in [2.24, 2.45) is 0 Å². The molecule has 2 aromatic carbocycles. The highest BCUT2D eigenvalue weighted by Crippen LogP contribution is 2.26. The molecule has 1 amide bonds. The fraction of sp³-hybridized carbons (Fsp3) is 0.318. The minimum absolute atomic E-state index is 0.115. The first kappa shape index (κ1) is 20.9. The van der Waals surface area contributed by atoms with Gasteiger partial charge >= 0.3 is 0 Å². The van der Waals surface area contributed by atoms with Gasteiger partial charge in [-0.2, -0.15) is 0 Å². The normalized spacial score (nSPS) is 13.3. The van der Waals surface area contributed by atoms with Crippen molar-refractivity contribution in [2.45, 2.75) is 24.7 Å². The van der Waals surface area contributed by atoms with Crippen LogP contribution >= 0.6 is 23.4 Å².